The Morgan fingerprint density at radius 1 is 1.42 bits per heavy atom. The van der Waals surface area contributed by atoms with Crippen molar-refractivity contribution >= 4 is 11.5 Å². The van der Waals surface area contributed by atoms with E-state index in [-0.39, 0.29) is 17.7 Å². The van der Waals surface area contributed by atoms with Crippen molar-refractivity contribution in [2.24, 2.45) is 5.92 Å². The molecule has 1 aromatic carbocycles. The molecule has 1 fully saturated rings. The summed E-state index contributed by atoms with van der Waals surface area (Å²) in [5, 5.41) is 9.59. The zero-order valence-electron chi connectivity index (χ0n) is 11.4. The summed E-state index contributed by atoms with van der Waals surface area (Å²) in [7, 11) is 0. The van der Waals surface area contributed by atoms with Gasteiger partial charge in [-0.3, -0.25) is 4.79 Å². The molecule has 0 amide bonds. The number of piperidine rings is 1. The summed E-state index contributed by atoms with van der Waals surface area (Å²) >= 11 is 0. The largest absolute Gasteiger partial charge is 0.393 e. The Bertz CT molecular complexity index is 465. The minimum Gasteiger partial charge on any atom is -0.393 e. The van der Waals surface area contributed by atoms with Crippen molar-refractivity contribution in [2.45, 2.75) is 32.8 Å². The van der Waals surface area contributed by atoms with Crippen LogP contribution in [0.15, 0.2) is 18.2 Å². The summed E-state index contributed by atoms with van der Waals surface area (Å²) in [6, 6.07) is 4.37. The third-order valence-corrected chi connectivity index (χ3v) is 3.90. The topological polar surface area (TPSA) is 40.5 Å². The third kappa shape index (κ3) is 3.13. The molecule has 1 atom stereocenters. The molecule has 1 aliphatic rings. The maximum atomic E-state index is 13.2. The van der Waals surface area contributed by atoms with Crippen LogP contribution >= 0.6 is 0 Å². The smallest absolute Gasteiger partial charge is 0.161 e. The predicted octanol–water partition coefficient (Wildman–Crippen LogP) is 2.63. The van der Waals surface area contributed by atoms with Crippen molar-refractivity contribution in [1.82, 2.24) is 0 Å². The summed E-state index contributed by atoms with van der Waals surface area (Å²) in [4.78, 5) is 13.7. The number of carbonyl (C=O) groups is 1. The minimum atomic E-state index is -0.382. The Morgan fingerprint density at radius 2 is 2.05 bits per heavy atom. The first-order chi connectivity index (χ1) is 8.99. The van der Waals surface area contributed by atoms with Crippen LogP contribution in [0.5, 0.6) is 0 Å². The average molecular weight is 265 g/mol. The number of rotatable bonds is 3. The monoisotopic (exact) mass is 265 g/mol. The normalized spacial score (nSPS) is 18.4. The van der Waals surface area contributed by atoms with Gasteiger partial charge in [-0.1, -0.05) is 0 Å². The van der Waals surface area contributed by atoms with E-state index in [1.807, 2.05) is 6.92 Å². The number of halogens is 1. The van der Waals surface area contributed by atoms with Crippen molar-refractivity contribution in [3.05, 3.63) is 29.6 Å². The van der Waals surface area contributed by atoms with E-state index in [1.54, 1.807) is 6.07 Å². The molecule has 0 spiro atoms. The second kappa shape index (κ2) is 5.70. The summed E-state index contributed by atoms with van der Waals surface area (Å²) in [5.74, 6) is -0.183. The van der Waals surface area contributed by atoms with E-state index in [4.69, 9.17) is 0 Å². The highest BCUT2D eigenvalue weighted by molar-refractivity contribution is 5.99. The van der Waals surface area contributed by atoms with Crippen molar-refractivity contribution in [1.29, 1.82) is 0 Å². The van der Waals surface area contributed by atoms with Crippen LogP contribution in [0.1, 0.15) is 37.0 Å². The molecule has 1 aliphatic heterocycles. The summed E-state index contributed by atoms with van der Waals surface area (Å²) in [6.45, 7) is 4.86. The number of nitrogens with zero attached hydrogens (tertiary/aromatic N) is 1. The highest BCUT2D eigenvalue weighted by atomic mass is 19.1. The van der Waals surface area contributed by atoms with Crippen LogP contribution in [-0.2, 0) is 0 Å². The number of aliphatic hydroxyl groups is 1. The maximum Gasteiger partial charge on any atom is 0.161 e. The standard InChI is InChI=1S/C15H20FNO2/c1-10(18)12-5-7-17(8-6-12)15-4-3-13(16)9-14(15)11(2)19/h3-4,9-10,12,18H,5-8H2,1-2H3. The van der Waals surface area contributed by atoms with E-state index < -0.39 is 0 Å². The fourth-order valence-electron chi connectivity index (χ4n) is 2.69. The average Bonchev–Trinajstić information content (AvgIpc) is 2.38. The maximum absolute atomic E-state index is 13.2. The number of carbonyl (C=O) groups excluding carboxylic acids is 1. The summed E-state index contributed by atoms with van der Waals surface area (Å²) < 4.78 is 13.2. The van der Waals surface area contributed by atoms with Crippen molar-refractivity contribution in [3.63, 3.8) is 0 Å². The Hall–Kier alpha value is -1.42. The van der Waals surface area contributed by atoms with Crippen LogP contribution in [-0.4, -0.2) is 30.1 Å². The van der Waals surface area contributed by atoms with E-state index >= 15 is 0 Å². The molecule has 0 saturated carbocycles. The quantitative estimate of drug-likeness (QED) is 0.854. The second-order valence-corrected chi connectivity index (χ2v) is 5.28. The first kappa shape index (κ1) is 14.0. The zero-order valence-corrected chi connectivity index (χ0v) is 11.4. The van der Waals surface area contributed by atoms with E-state index in [0.29, 0.717) is 11.5 Å². The van der Waals surface area contributed by atoms with Gasteiger partial charge in [0.2, 0.25) is 0 Å². The van der Waals surface area contributed by atoms with Gasteiger partial charge < -0.3 is 10.0 Å². The lowest BCUT2D eigenvalue weighted by atomic mass is 9.91. The lowest BCUT2D eigenvalue weighted by molar-refractivity contribution is 0.101. The summed E-state index contributed by atoms with van der Waals surface area (Å²) in [5.41, 5.74) is 1.24. The molecule has 2 rings (SSSR count). The SMILES string of the molecule is CC(=O)c1cc(F)ccc1N1CCC(C(C)O)CC1. The number of hydrogen-bond acceptors (Lipinski definition) is 3. The Kier molecular flexibility index (Phi) is 4.20. The third-order valence-electron chi connectivity index (χ3n) is 3.90. The molecule has 1 saturated heterocycles. The van der Waals surface area contributed by atoms with Gasteiger partial charge >= 0.3 is 0 Å². The zero-order chi connectivity index (χ0) is 14.0. The molecule has 1 heterocycles. The summed E-state index contributed by atoms with van der Waals surface area (Å²) in [6.07, 6.45) is 1.50. The molecule has 1 unspecified atom stereocenters. The molecule has 0 aromatic heterocycles. The number of Topliss-reactive ketones (excluding diaryl/α,β-unsaturated/α-hetero) is 1. The Labute approximate surface area is 113 Å². The molecule has 0 radical (unpaired) electrons. The van der Waals surface area contributed by atoms with Crippen LogP contribution < -0.4 is 4.90 Å². The van der Waals surface area contributed by atoms with E-state index in [0.717, 1.165) is 31.6 Å². The lowest BCUT2D eigenvalue weighted by Gasteiger charge is -2.35. The van der Waals surface area contributed by atoms with E-state index in [2.05, 4.69) is 4.90 Å². The van der Waals surface area contributed by atoms with Gasteiger partial charge in [0, 0.05) is 24.3 Å². The second-order valence-electron chi connectivity index (χ2n) is 5.28. The molecule has 0 aliphatic carbocycles. The van der Waals surface area contributed by atoms with Crippen molar-refractivity contribution in [3.8, 4) is 0 Å². The van der Waals surface area contributed by atoms with Crippen molar-refractivity contribution < 1.29 is 14.3 Å². The molecule has 1 aromatic rings. The van der Waals surface area contributed by atoms with Gasteiger partial charge in [-0.05, 0) is 50.8 Å². The molecular formula is C15H20FNO2. The number of anilines is 1. The highest BCUT2D eigenvalue weighted by Gasteiger charge is 2.24. The molecule has 104 valence electrons. The molecule has 19 heavy (non-hydrogen) atoms. The van der Waals surface area contributed by atoms with Gasteiger partial charge in [0.15, 0.2) is 5.78 Å². The number of aliphatic hydroxyl groups excluding tert-OH is 1. The van der Waals surface area contributed by atoms with Crippen LogP contribution in [0.25, 0.3) is 0 Å². The van der Waals surface area contributed by atoms with E-state index in [1.165, 1.54) is 19.1 Å². The van der Waals surface area contributed by atoms with Crippen LogP contribution in [0.3, 0.4) is 0 Å². The first-order valence-corrected chi connectivity index (χ1v) is 6.72. The van der Waals surface area contributed by atoms with Gasteiger partial charge in [-0.25, -0.2) is 4.39 Å². The highest BCUT2D eigenvalue weighted by Crippen LogP contribution is 2.28. The molecule has 3 nitrogen and oxygen atoms in total. The predicted molar refractivity (Wildman–Crippen MR) is 73.0 cm³/mol. The fourth-order valence-corrected chi connectivity index (χ4v) is 2.69. The van der Waals surface area contributed by atoms with Gasteiger partial charge in [0.25, 0.3) is 0 Å². The van der Waals surface area contributed by atoms with Crippen LogP contribution in [0.2, 0.25) is 0 Å². The molecule has 4 heteroatoms. The molecule has 0 bridgehead atoms. The van der Waals surface area contributed by atoms with Crippen LogP contribution in [0.4, 0.5) is 10.1 Å². The van der Waals surface area contributed by atoms with Gasteiger partial charge in [-0.15, -0.1) is 0 Å². The number of benzene rings is 1. The van der Waals surface area contributed by atoms with Gasteiger partial charge in [0.1, 0.15) is 5.82 Å². The van der Waals surface area contributed by atoms with Gasteiger partial charge in [0.05, 0.1) is 6.10 Å². The molecular weight excluding hydrogens is 245 g/mol. The Morgan fingerprint density at radius 3 is 2.58 bits per heavy atom. The van der Waals surface area contributed by atoms with Gasteiger partial charge in [-0.2, -0.15) is 0 Å². The van der Waals surface area contributed by atoms with Crippen molar-refractivity contribution in [2.75, 3.05) is 18.0 Å². The fraction of sp³-hybridized carbons (Fsp3) is 0.533. The van der Waals surface area contributed by atoms with Crippen LogP contribution in [0, 0.1) is 11.7 Å². The lowest BCUT2D eigenvalue weighted by Crippen LogP contribution is -2.37. The number of hydrogen-bond donors (Lipinski definition) is 1. The molecule has 1 N–H and O–H groups in total. The minimum absolute atomic E-state index is 0.118. The first-order valence-electron chi connectivity index (χ1n) is 6.72. The Balaban J connectivity index is 2.17. The number of ketones is 1. The van der Waals surface area contributed by atoms with E-state index in [9.17, 15) is 14.3 Å².